The molecular weight excluding hydrogens is 232 g/mol. The van der Waals surface area contributed by atoms with Crippen LogP contribution in [0.5, 0.6) is 0 Å². The number of nitriles is 1. The van der Waals surface area contributed by atoms with E-state index in [2.05, 4.69) is 15.5 Å². The fourth-order valence-electron chi connectivity index (χ4n) is 1.57. The van der Waals surface area contributed by atoms with Crippen LogP contribution in [0.3, 0.4) is 0 Å². The van der Waals surface area contributed by atoms with Gasteiger partial charge in [-0.05, 0) is 25.1 Å². The summed E-state index contributed by atoms with van der Waals surface area (Å²) in [5.41, 5.74) is 1.37. The van der Waals surface area contributed by atoms with E-state index in [1.54, 1.807) is 30.5 Å². The summed E-state index contributed by atoms with van der Waals surface area (Å²) in [6.45, 7) is 1.22. The van der Waals surface area contributed by atoms with Crippen molar-refractivity contribution in [1.82, 2.24) is 10.2 Å². The monoisotopic (exact) mass is 242 g/mol. The average molecular weight is 242 g/mol. The predicted molar refractivity (Wildman–Crippen MR) is 64.5 cm³/mol. The second kappa shape index (κ2) is 4.67. The maximum Gasteiger partial charge on any atom is 0.249 e. The molecule has 18 heavy (non-hydrogen) atoms. The van der Waals surface area contributed by atoms with Gasteiger partial charge in [-0.3, -0.25) is 14.7 Å². The third-order valence-electron chi connectivity index (χ3n) is 2.51. The van der Waals surface area contributed by atoms with Crippen molar-refractivity contribution in [3.8, 4) is 6.07 Å². The SMILES string of the molecule is CC(=O)C(C#N)C(=O)Nc1ccc2[nH]ncc2c1. The smallest absolute Gasteiger partial charge is 0.249 e. The van der Waals surface area contributed by atoms with E-state index in [4.69, 9.17) is 5.26 Å². The molecule has 1 unspecified atom stereocenters. The molecule has 6 heteroatoms. The quantitative estimate of drug-likeness (QED) is 0.790. The van der Waals surface area contributed by atoms with Crippen LogP contribution in [0.2, 0.25) is 0 Å². The number of carbonyl (C=O) groups excluding carboxylic acids is 2. The zero-order valence-corrected chi connectivity index (χ0v) is 9.60. The molecule has 90 valence electrons. The van der Waals surface area contributed by atoms with Gasteiger partial charge in [0.05, 0.1) is 17.8 Å². The number of rotatable bonds is 3. The highest BCUT2D eigenvalue weighted by molar-refractivity contribution is 6.09. The summed E-state index contributed by atoms with van der Waals surface area (Å²) >= 11 is 0. The summed E-state index contributed by atoms with van der Waals surface area (Å²) in [7, 11) is 0. The van der Waals surface area contributed by atoms with E-state index in [-0.39, 0.29) is 0 Å². The number of nitrogens with zero attached hydrogens (tertiary/aromatic N) is 2. The number of hydrogen-bond acceptors (Lipinski definition) is 4. The molecule has 1 amide bonds. The number of benzene rings is 1. The van der Waals surface area contributed by atoms with Crippen molar-refractivity contribution in [2.75, 3.05) is 5.32 Å². The Bertz CT molecular complexity index is 653. The first-order chi connectivity index (χ1) is 8.61. The van der Waals surface area contributed by atoms with E-state index < -0.39 is 17.6 Å². The predicted octanol–water partition coefficient (Wildman–Crippen LogP) is 1.23. The van der Waals surface area contributed by atoms with Gasteiger partial charge in [-0.1, -0.05) is 0 Å². The Morgan fingerprint density at radius 1 is 1.50 bits per heavy atom. The Balaban J connectivity index is 2.20. The van der Waals surface area contributed by atoms with Crippen LogP contribution < -0.4 is 5.32 Å². The lowest BCUT2D eigenvalue weighted by Gasteiger charge is -2.07. The lowest BCUT2D eigenvalue weighted by molar-refractivity contribution is -0.127. The molecule has 1 aromatic carbocycles. The van der Waals surface area contributed by atoms with Crippen molar-refractivity contribution in [3.05, 3.63) is 24.4 Å². The van der Waals surface area contributed by atoms with E-state index in [1.807, 2.05) is 0 Å². The first-order valence-electron chi connectivity index (χ1n) is 5.26. The molecule has 1 atom stereocenters. The fourth-order valence-corrected chi connectivity index (χ4v) is 1.57. The van der Waals surface area contributed by atoms with Crippen LogP contribution in [0.15, 0.2) is 24.4 Å². The molecule has 1 aromatic heterocycles. The number of H-pyrrole nitrogens is 1. The number of ketones is 1. The number of aromatic amines is 1. The van der Waals surface area contributed by atoms with E-state index in [1.165, 1.54) is 6.92 Å². The number of anilines is 1. The van der Waals surface area contributed by atoms with E-state index in [0.29, 0.717) is 5.69 Å². The number of nitrogens with one attached hydrogen (secondary N) is 2. The molecule has 0 radical (unpaired) electrons. The molecule has 0 spiro atoms. The van der Waals surface area contributed by atoms with Crippen LogP contribution in [0.1, 0.15) is 6.92 Å². The number of aromatic nitrogens is 2. The maximum atomic E-state index is 11.7. The Labute approximate surface area is 103 Å². The number of amides is 1. The van der Waals surface area contributed by atoms with Crippen LogP contribution in [-0.2, 0) is 9.59 Å². The van der Waals surface area contributed by atoms with Crippen molar-refractivity contribution in [1.29, 1.82) is 5.26 Å². The summed E-state index contributed by atoms with van der Waals surface area (Å²) in [5, 5.41) is 18.7. The van der Waals surface area contributed by atoms with Gasteiger partial charge in [0.25, 0.3) is 0 Å². The molecule has 0 aliphatic rings. The molecule has 0 fully saturated rings. The average Bonchev–Trinajstić information content (AvgIpc) is 2.76. The van der Waals surface area contributed by atoms with Crippen molar-refractivity contribution >= 4 is 28.3 Å². The first kappa shape index (κ1) is 11.8. The Morgan fingerprint density at radius 3 is 2.94 bits per heavy atom. The van der Waals surface area contributed by atoms with Gasteiger partial charge in [-0.2, -0.15) is 10.4 Å². The normalized spacial score (nSPS) is 11.8. The highest BCUT2D eigenvalue weighted by Crippen LogP contribution is 2.17. The van der Waals surface area contributed by atoms with Gasteiger partial charge in [0.1, 0.15) is 0 Å². The Kier molecular flexibility index (Phi) is 3.06. The molecule has 6 nitrogen and oxygen atoms in total. The molecule has 2 N–H and O–H groups in total. The number of Topliss-reactive ketones (excluding diaryl/α,β-unsaturated/α-hetero) is 1. The minimum absolute atomic E-state index is 0.473. The molecule has 2 aromatic rings. The lowest BCUT2D eigenvalue weighted by atomic mass is 10.1. The van der Waals surface area contributed by atoms with Gasteiger partial charge in [0.15, 0.2) is 11.7 Å². The van der Waals surface area contributed by atoms with Gasteiger partial charge >= 0.3 is 0 Å². The summed E-state index contributed by atoms with van der Waals surface area (Å²) in [6.07, 6.45) is 1.62. The minimum Gasteiger partial charge on any atom is -0.325 e. The largest absolute Gasteiger partial charge is 0.325 e. The molecule has 0 aliphatic carbocycles. The zero-order chi connectivity index (χ0) is 13.1. The van der Waals surface area contributed by atoms with Crippen LogP contribution in [0.25, 0.3) is 10.9 Å². The second-order valence-corrected chi connectivity index (χ2v) is 3.83. The third-order valence-corrected chi connectivity index (χ3v) is 2.51. The maximum absolute atomic E-state index is 11.7. The van der Waals surface area contributed by atoms with Gasteiger partial charge in [0.2, 0.25) is 5.91 Å². The van der Waals surface area contributed by atoms with Gasteiger partial charge < -0.3 is 5.32 Å². The molecule has 1 heterocycles. The highest BCUT2D eigenvalue weighted by Gasteiger charge is 2.22. The summed E-state index contributed by atoms with van der Waals surface area (Å²) in [6, 6.07) is 6.82. The third kappa shape index (κ3) is 2.20. The van der Waals surface area contributed by atoms with E-state index in [0.717, 1.165) is 10.9 Å². The van der Waals surface area contributed by atoms with Gasteiger partial charge in [-0.25, -0.2) is 0 Å². The van der Waals surface area contributed by atoms with Crippen LogP contribution in [-0.4, -0.2) is 21.9 Å². The van der Waals surface area contributed by atoms with Crippen molar-refractivity contribution < 1.29 is 9.59 Å². The van der Waals surface area contributed by atoms with Crippen molar-refractivity contribution in [3.63, 3.8) is 0 Å². The zero-order valence-electron chi connectivity index (χ0n) is 9.60. The highest BCUT2D eigenvalue weighted by atomic mass is 16.2. The Hall–Kier alpha value is -2.68. The number of hydrogen-bond donors (Lipinski definition) is 2. The molecule has 0 saturated carbocycles. The topological polar surface area (TPSA) is 98.6 Å². The number of carbonyl (C=O) groups is 2. The van der Waals surface area contributed by atoms with Crippen LogP contribution in [0.4, 0.5) is 5.69 Å². The van der Waals surface area contributed by atoms with Crippen molar-refractivity contribution in [2.45, 2.75) is 6.92 Å². The molecule has 2 rings (SSSR count). The minimum atomic E-state index is -1.27. The summed E-state index contributed by atoms with van der Waals surface area (Å²) in [4.78, 5) is 22.8. The summed E-state index contributed by atoms with van der Waals surface area (Å²) < 4.78 is 0. The first-order valence-corrected chi connectivity index (χ1v) is 5.26. The molecule has 0 bridgehead atoms. The second-order valence-electron chi connectivity index (χ2n) is 3.83. The van der Waals surface area contributed by atoms with Crippen molar-refractivity contribution in [2.24, 2.45) is 5.92 Å². The van der Waals surface area contributed by atoms with Crippen LogP contribution in [0, 0.1) is 17.2 Å². The fraction of sp³-hybridized carbons (Fsp3) is 0.167. The lowest BCUT2D eigenvalue weighted by Crippen LogP contribution is -2.26. The van der Waals surface area contributed by atoms with E-state index in [9.17, 15) is 9.59 Å². The van der Waals surface area contributed by atoms with Gasteiger partial charge in [-0.15, -0.1) is 0 Å². The number of fused-ring (bicyclic) bond motifs is 1. The molecular formula is C12H10N4O2. The molecule has 0 aliphatic heterocycles. The molecule has 0 saturated heterocycles. The van der Waals surface area contributed by atoms with Gasteiger partial charge in [0, 0.05) is 11.1 Å². The van der Waals surface area contributed by atoms with E-state index >= 15 is 0 Å². The Morgan fingerprint density at radius 2 is 2.28 bits per heavy atom. The van der Waals surface area contributed by atoms with Crippen LogP contribution >= 0.6 is 0 Å². The summed E-state index contributed by atoms with van der Waals surface area (Å²) in [5.74, 6) is -2.36. The standard InChI is InChI=1S/C12H10N4O2/c1-7(17)10(5-13)12(18)15-9-2-3-11-8(4-9)6-14-16-11/h2-4,6,10H,1H3,(H,14,16)(H,15,18).